The zero-order valence-electron chi connectivity index (χ0n) is 9.64. The summed E-state index contributed by atoms with van der Waals surface area (Å²) in [5, 5.41) is 3.30. The Bertz CT molecular complexity index is 361. The molecule has 1 N–H and O–H groups in total. The van der Waals surface area contributed by atoms with Gasteiger partial charge in [0.1, 0.15) is 6.29 Å². The van der Waals surface area contributed by atoms with E-state index >= 15 is 0 Å². The standard InChI is InChI=1S/C12H15NO3.ClH/c1-15-12(9-16-7-6-13-12)11-4-2-10(8-14)3-5-11;/h2-5,8,13H,6-7,9H2,1H3;1H/t12-;/m1./s1. The molecular formula is C12H16ClNO3. The first-order valence-electron chi connectivity index (χ1n) is 5.24. The lowest BCUT2D eigenvalue weighted by molar-refractivity contribution is -0.130. The molecule has 1 saturated heterocycles. The lowest BCUT2D eigenvalue weighted by Crippen LogP contribution is -2.52. The number of carbonyl (C=O) groups is 1. The largest absolute Gasteiger partial charge is 0.375 e. The second kappa shape index (κ2) is 6.12. The van der Waals surface area contributed by atoms with Crippen LogP contribution in [0.2, 0.25) is 0 Å². The van der Waals surface area contributed by atoms with Crippen LogP contribution in [0, 0.1) is 0 Å². The summed E-state index contributed by atoms with van der Waals surface area (Å²) in [5.74, 6) is 0. The average molecular weight is 258 g/mol. The molecule has 1 aromatic carbocycles. The van der Waals surface area contributed by atoms with Crippen molar-refractivity contribution in [2.45, 2.75) is 5.72 Å². The molecule has 0 amide bonds. The van der Waals surface area contributed by atoms with Crippen LogP contribution in [-0.4, -0.2) is 33.2 Å². The van der Waals surface area contributed by atoms with E-state index in [1.54, 1.807) is 19.2 Å². The van der Waals surface area contributed by atoms with E-state index in [4.69, 9.17) is 9.47 Å². The maximum Gasteiger partial charge on any atom is 0.168 e. The van der Waals surface area contributed by atoms with Crippen LogP contribution < -0.4 is 5.32 Å². The van der Waals surface area contributed by atoms with Crippen molar-refractivity contribution in [3.05, 3.63) is 35.4 Å². The Morgan fingerprint density at radius 3 is 2.59 bits per heavy atom. The fraction of sp³-hybridized carbons (Fsp3) is 0.417. The Balaban J connectivity index is 0.00000144. The molecule has 1 aliphatic rings. The minimum Gasteiger partial charge on any atom is -0.375 e. The van der Waals surface area contributed by atoms with E-state index < -0.39 is 5.72 Å². The predicted octanol–water partition coefficient (Wildman–Crippen LogP) is 1.34. The summed E-state index contributed by atoms with van der Waals surface area (Å²) >= 11 is 0. The normalized spacial score (nSPS) is 23.8. The van der Waals surface area contributed by atoms with E-state index in [-0.39, 0.29) is 12.4 Å². The molecule has 0 unspecified atom stereocenters. The lowest BCUT2D eigenvalue weighted by Gasteiger charge is -2.37. The smallest absolute Gasteiger partial charge is 0.168 e. The first kappa shape index (κ1) is 14.1. The number of methoxy groups -OCH3 is 1. The number of morpholine rings is 1. The van der Waals surface area contributed by atoms with E-state index in [0.717, 1.165) is 18.4 Å². The highest BCUT2D eigenvalue weighted by Gasteiger charge is 2.34. The summed E-state index contributed by atoms with van der Waals surface area (Å²) in [4.78, 5) is 10.6. The number of halogens is 1. The molecule has 0 saturated carbocycles. The number of carbonyl (C=O) groups excluding carboxylic acids is 1. The molecule has 0 spiro atoms. The highest BCUT2D eigenvalue weighted by molar-refractivity contribution is 5.85. The molecule has 1 aliphatic heterocycles. The maximum atomic E-state index is 10.6. The first-order chi connectivity index (χ1) is 7.80. The molecule has 1 fully saturated rings. The van der Waals surface area contributed by atoms with Crippen molar-refractivity contribution in [2.75, 3.05) is 26.9 Å². The summed E-state index contributed by atoms with van der Waals surface area (Å²) in [7, 11) is 1.65. The Kier molecular flexibility index (Phi) is 5.08. The fourth-order valence-corrected chi connectivity index (χ4v) is 1.86. The molecule has 1 heterocycles. The van der Waals surface area contributed by atoms with Crippen molar-refractivity contribution in [1.29, 1.82) is 0 Å². The van der Waals surface area contributed by atoms with Gasteiger partial charge < -0.3 is 9.47 Å². The summed E-state index contributed by atoms with van der Waals surface area (Å²) < 4.78 is 10.9. The van der Waals surface area contributed by atoms with E-state index in [1.165, 1.54) is 0 Å². The Hall–Kier alpha value is -0.940. The van der Waals surface area contributed by atoms with E-state index in [0.29, 0.717) is 18.8 Å². The highest BCUT2D eigenvalue weighted by atomic mass is 35.5. The van der Waals surface area contributed by atoms with Crippen LogP contribution in [0.4, 0.5) is 0 Å². The molecule has 17 heavy (non-hydrogen) atoms. The van der Waals surface area contributed by atoms with Crippen LogP contribution >= 0.6 is 12.4 Å². The van der Waals surface area contributed by atoms with Gasteiger partial charge in [-0.05, 0) is 0 Å². The van der Waals surface area contributed by atoms with Gasteiger partial charge in [0.05, 0.1) is 13.2 Å². The Morgan fingerprint density at radius 2 is 2.12 bits per heavy atom. The SMILES string of the molecule is CO[C@@]1(c2ccc(C=O)cc2)COCCN1.Cl. The number of nitrogens with one attached hydrogen (secondary N) is 1. The number of ether oxygens (including phenoxy) is 2. The Morgan fingerprint density at radius 1 is 1.41 bits per heavy atom. The summed E-state index contributed by atoms with van der Waals surface area (Å²) in [6.45, 7) is 1.92. The zero-order chi connectivity index (χ0) is 11.4. The molecule has 94 valence electrons. The van der Waals surface area contributed by atoms with Crippen molar-refractivity contribution >= 4 is 18.7 Å². The van der Waals surface area contributed by atoms with Crippen molar-refractivity contribution in [1.82, 2.24) is 5.32 Å². The van der Waals surface area contributed by atoms with Crippen molar-refractivity contribution in [2.24, 2.45) is 0 Å². The minimum atomic E-state index is -0.584. The van der Waals surface area contributed by atoms with Crippen LogP contribution in [0.25, 0.3) is 0 Å². The lowest BCUT2D eigenvalue weighted by atomic mass is 10.0. The van der Waals surface area contributed by atoms with Gasteiger partial charge in [-0.3, -0.25) is 10.1 Å². The van der Waals surface area contributed by atoms with Crippen LogP contribution in [0.1, 0.15) is 15.9 Å². The number of hydrogen-bond acceptors (Lipinski definition) is 4. The second-order valence-corrected chi connectivity index (χ2v) is 3.75. The van der Waals surface area contributed by atoms with Crippen molar-refractivity contribution < 1.29 is 14.3 Å². The van der Waals surface area contributed by atoms with Gasteiger partial charge in [-0.2, -0.15) is 0 Å². The summed E-state index contributed by atoms with van der Waals surface area (Å²) in [5.41, 5.74) is 1.05. The minimum absolute atomic E-state index is 0. The van der Waals surface area contributed by atoms with Gasteiger partial charge in [-0.25, -0.2) is 0 Å². The monoisotopic (exact) mass is 257 g/mol. The average Bonchev–Trinajstić information content (AvgIpc) is 2.39. The third-order valence-corrected chi connectivity index (χ3v) is 2.82. The molecular weight excluding hydrogens is 242 g/mol. The predicted molar refractivity (Wildman–Crippen MR) is 66.6 cm³/mol. The van der Waals surface area contributed by atoms with Crippen LogP contribution in [-0.2, 0) is 15.2 Å². The zero-order valence-corrected chi connectivity index (χ0v) is 10.5. The van der Waals surface area contributed by atoms with Crippen LogP contribution in [0.15, 0.2) is 24.3 Å². The number of aldehydes is 1. The molecule has 2 rings (SSSR count). The topological polar surface area (TPSA) is 47.6 Å². The molecule has 0 bridgehead atoms. The van der Waals surface area contributed by atoms with Gasteiger partial charge >= 0.3 is 0 Å². The van der Waals surface area contributed by atoms with Gasteiger partial charge in [-0.15, -0.1) is 12.4 Å². The molecule has 0 aromatic heterocycles. The van der Waals surface area contributed by atoms with Gasteiger partial charge in [0.2, 0.25) is 0 Å². The van der Waals surface area contributed by atoms with Crippen molar-refractivity contribution in [3.63, 3.8) is 0 Å². The molecule has 0 radical (unpaired) electrons. The van der Waals surface area contributed by atoms with Crippen LogP contribution in [0.3, 0.4) is 0 Å². The first-order valence-corrected chi connectivity index (χ1v) is 5.24. The molecule has 0 aliphatic carbocycles. The molecule has 5 heteroatoms. The van der Waals surface area contributed by atoms with Gasteiger partial charge in [0.25, 0.3) is 0 Å². The van der Waals surface area contributed by atoms with Crippen LogP contribution in [0.5, 0.6) is 0 Å². The summed E-state index contributed by atoms with van der Waals surface area (Å²) in [6, 6.07) is 7.32. The fourth-order valence-electron chi connectivity index (χ4n) is 1.86. The van der Waals surface area contributed by atoms with Gasteiger partial charge in [0, 0.05) is 24.8 Å². The number of hydrogen-bond donors (Lipinski definition) is 1. The molecule has 1 atom stereocenters. The molecule has 4 nitrogen and oxygen atoms in total. The van der Waals surface area contributed by atoms with Gasteiger partial charge in [0.15, 0.2) is 5.72 Å². The van der Waals surface area contributed by atoms with Gasteiger partial charge in [-0.1, -0.05) is 24.3 Å². The Labute approximate surface area is 107 Å². The quantitative estimate of drug-likeness (QED) is 0.831. The maximum absolute atomic E-state index is 10.6. The second-order valence-electron chi connectivity index (χ2n) is 3.75. The van der Waals surface area contributed by atoms with E-state index in [9.17, 15) is 4.79 Å². The van der Waals surface area contributed by atoms with E-state index in [1.807, 2.05) is 12.1 Å². The number of benzene rings is 1. The van der Waals surface area contributed by atoms with Crippen molar-refractivity contribution in [3.8, 4) is 0 Å². The van der Waals surface area contributed by atoms with E-state index in [2.05, 4.69) is 5.32 Å². The molecule has 1 aromatic rings. The summed E-state index contributed by atoms with van der Waals surface area (Å²) in [6.07, 6.45) is 0.827. The third kappa shape index (κ3) is 2.84. The highest BCUT2D eigenvalue weighted by Crippen LogP contribution is 2.24. The number of rotatable bonds is 3. The third-order valence-electron chi connectivity index (χ3n) is 2.82.